The summed E-state index contributed by atoms with van der Waals surface area (Å²) >= 11 is 5.62. The van der Waals surface area contributed by atoms with Crippen molar-refractivity contribution in [3.63, 3.8) is 0 Å². The van der Waals surface area contributed by atoms with Crippen molar-refractivity contribution in [2.75, 3.05) is 23.7 Å². The lowest BCUT2D eigenvalue weighted by molar-refractivity contribution is -0.137. The summed E-state index contributed by atoms with van der Waals surface area (Å²) in [5, 5.41) is 1.98. The number of hydrogen-bond acceptors (Lipinski definition) is 5. The van der Waals surface area contributed by atoms with Crippen molar-refractivity contribution in [1.29, 1.82) is 0 Å². The van der Waals surface area contributed by atoms with Crippen molar-refractivity contribution in [3.8, 4) is 11.5 Å². The average Bonchev–Trinajstić information content (AvgIpc) is 2.71. The van der Waals surface area contributed by atoms with E-state index >= 15 is 0 Å². The van der Waals surface area contributed by atoms with E-state index in [2.05, 4.69) is 5.32 Å². The third kappa shape index (κ3) is 5.39. The normalized spacial score (nSPS) is 16.9. The Bertz CT molecular complexity index is 1110. The molecule has 0 radical (unpaired) electrons. The number of carbonyl (C=O) groups excluding carboxylic acids is 1. The summed E-state index contributed by atoms with van der Waals surface area (Å²) in [6.45, 7) is 1.43. The number of carbonyl (C=O) groups is 1. The van der Waals surface area contributed by atoms with E-state index in [0.717, 1.165) is 18.4 Å². The Labute approximate surface area is 188 Å². The van der Waals surface area contributed by atoms with Crippen LogP contribution in [0.25, 0.3) is 0 Å². The Morgan fingerprint density at radius 1 is 1.25 bits per heavy atom. The van der Waals surface area contributed by atoms with Crippen LogP contribution in [0.1, 0.15) is 12.5 Å². The van der Waals surface area contributed by atoms with E-state index in [-0.39, 0.29) is 18.8 Å². The van der Waals surface area contributed by atoms with Crippen LogP contribution < -0.4 is 19.1 Å². The number of benzene rings is 2. The lowest BCUT2D eigenvalue weighted by atomic mass is 10.1. The third-order valence-electron chi connectivity index (χ3n) is 4.67. The van der Waals surface area contributed by atoms with Gasteiger partial charge in [-0.3, -0.25) is 9.10 Å². The Morgan fingerprint density at radius 2 is 1.91 bits per heavy atom. The second kappa shape index (κ2) is 9.07. The molecule has 7 nitrogen and oxygen atoms in total. The number of alkyl halides is 3. The molecule has 0 aromatic heterocycles. The van der Waals surface area contributed by atoms with E-state index in [1.165, 1.54) is 6.92 Å². The van der Waals surface area contributed by atoms with Crippen LogP contribution in [0.15, 0.2) is 42.5 Å². The number of nitrogens with one attached hydrogen (secondary N) is 1. The van der Waals surface area contributed by atoms with Gasteiger partial charge in [0.05, 0.1) is 29.1 Å². The Hall–Kier alpha value is -2.66. The van der Waals surface area contributed by atoms with Crippen LogP contribution in [-0.2, 0) is 21.0 Å². The maximum atomic E-state index is 13.2. The average molecular weight is 493 g/mol. The van der Waals surface area contributed by atoms with E-state index in [1.807, 2.05) is 0 Å². The summed E-state index contributed by atoms with van der Waals surface area (Å²) in [5.74, 6) is 0.348. The van der Waals surface area contributed by atoms with Crippen LogP contribution in [-0.4, -0.2) is 45.9 Å². The first-order chi connectivity index (χ1) is 14.9. The van der Waals surface area contributed by atoms with E-state index in [9.17, 15) is 26.4 Å². The smallest absolute Gasteiger partial charge is 0.417 e. The Morgan fingerprint density at radius 3 is 2.53 bits per heavy atom. The molecule has 1 aliphatic rings. The Balaban J connectivity index is 1.76. The second-order valence-corrected chi connectivity index (χ2v) is 9.41. The van der Waals surface area contributed by atoms with Crippen LogP contribution in [0.4, 0.5) is 18.9 Å². The van der Waals surface area contributed by atoms with Crippen LogP contribution in [0.5, 0.6) is 11.5 Å². The van der Waals surface area contributed by atoms with Crippen molar-refractivity contribution in [2.45, 2.75) is 25.2 Å². The molecule has 12 heteroatoms. The van der Waals surface area contributed by atoms with Gasteiger partial charge in [0.15, 0.2) is 11.5 Å². The minimum atomic E-state index is -4.80. The number of hydrogen-bond donors (Lipinski definition) is 1. The first-order valence-corrected chi connectivity index (χ1v) is 11.6. The number of sulfonamides is 1. The first kappa shape index (κ1) is 24.0. The molecule has 1 heterocycles. The molecular weight excluding hydrogens is 473 g/mol. The summed E-state index contributed by atoms with van der Waals surface area (Å²) in [4.78, 5) is 12.7. The van der Waals surface area contributed by atoms with E-state index in [0.29, 0.717) is 21.9 Å². The van der Waals surface area contributed by atoms with Gasteiger partial charge in [0.1, 0.15) is 18.8 Å². The van der Waals surface area contributed by atoms with Crippen LogP contribution in [0.3, 0.4) is 0 Å². The maximum absolute atomic E-state index is 13.2. The molecule has 3 rings (SSSR count). The number of amides is 1. The standard InChI is InChI=1S/C20H20ClF3N2O5S/c1-12(19(27)25-10-14-11-30-17-5-3-4-6-18(17)31-14)26(32(2,28)29)13-7-8-16(21)15(9-13)20(22,23)24/h3-9,12,14H,10-11H2,1-2H3,(H,25,27). The molecule has 2 atom stereocenters. The molecule has 2 aromatic rings. The van der Waals surface area contributed by atoms with Crippen molar-refractivity contribution >= 4 is 33.2 Å². The molecule has 2 aromatic carbocycles. The number of anilines is 1. The quantitative estimate of drug-likeness (QED) is 0.667. The summed E-state index contributed by atoms with van der Waals surface area (Å²) in [7, 11) is -4.11. The molecule has 0 fully saturated rings. The minimum absolute atomic E-state index is 0.00350. The van der Waals surface area contributed by atoms with Gasteiger partial charge in [-0.1, -0.05) is 23.7 Å². The lowest BCUT2D eigenvalue weighted by Gasteiger charge is -2.30. The van der Waals surface area contributed by atoms with Crippen molar-refractivity contribution in [1.82, 2.24) is 5.32 Å². The summed E-state index contributed by atoms with van der Waals surface area (Å²) in [6, 6.07) is 8.29. The number of para-hydroxylation sites is 2. The molecule has 2 unspecified atom stereocenters. The third-order valence-corrected chi connectivity index (χ3v) is 6.24. The molecule has 174 valence electrons. The zero-order valence-corrected chi connectivity index (χ0v) is 18.6. The van der Waals surface area contributed by atoms with Gasteiger partial charge < -0.3 is 14.8 Å². The molecule has 0 saturated carbocycles. The van der Waals surface area contributed by atoms with Gasteiger partial charge in [0, 0.05) is 0 Å². The second-order valence-electron chi connectivity index (χ2n) is 7.14. The van der Waals surface area contributed by atoms with Crippen molar-refractivity contribution < 1.29 is 35.9 Å². The number of fused-ring (bicyclic) bond motifs is 1. The number of rotatable bonds is 6. The molecule has 0 bridgehead atoms. The summed E-state index contributed by atoms with van der Waals surface area (Å²) in [5.41, 5.74) is -1.54. The largest absolute Gasteiger partial charge is 0.486 e. The molecule has 0 spiro atoms. The van der Waals surface area contributed by atoms with Crippen LogP contribution >= 0.6 is 11.6 Å². The SMILES string of the molecule is CC(C(=O)NCC1COc2ccccc2O1)N(c1ccc(Cl)c(C(F)(F)F)c1)S(C)(=O)=O. The monoisotopic (exact) mass is 492 g/mol. The van der Waals surface area contributed by atoms with E-state index in [1.54, 1.807) is 24.3 Å². The van der Waals surface area contributed by atoms with Gasteiger partial charge in [-0.2, -0.15) is 13.2 Å². The van der Waals surface area contributed by atoms with Crippen LogP contribution in [0.2, 0.25) is 5.02 Å². The maximum Gasteiger partial charge on any atom is 0.417 e. The van der Waals surface area contributed by atoms with E-state index in [4.69, 9.17) is 21.1 Å². The molecule has 1 N–H and O–H groups in total. The number of nitrogens with zero attached hydrogens (tertiary/aromatic N) is 1. The highest BCUT2D eigenvalue weighted by molar-refractivity contribution is 7.92. The van der Waals surface area contributed by atoms with Gasteiger partial charge in [-0.15, -0.1) is 0 Å². The predicted octanol–water partition coefficient (Wildman–Crippen LogP) is 3.47. The summed E-state index contributed by atoms with van der Waals surface area (Å²) in [6.07, 6.45) is -4.52. The number of ether oxygens (including phenoxy) is 2. The van der Waals surface area contributed by atoms with E-state index < -0.39 is 44.8 Å². The lowest BCUT2D eigenvalue weighted by Crippen LogP contribution is -2.50. The van der Waals surface area contributed by atoms with Gasteiger partial charge in [-0.25, -0.2) is 8.42 Å². The Kier molecular flexibility index (Phi) is 6.80. The van der Waals surface area contributed by atoms with Gasteiger partial charge >= 0.3 is 6.18 Å². The van der Waals surface area contributed by atoms with Crippen molar-refractivity contribution in [3.05, 3.63) is 53.1 Å². The fourth-order valence-electron chi connectivity index (χ4n) is 3.20. The van der Waals surface area contributed by atoms with Gasteiger partial charge in [0.2, 0.25) is 15.9 Å². The highest BCUT2D eigenvalue weighted by Gasteiger charge is 2.36. The molecule has 32 heavy (non-hydrogen) atoms. The molecular formula is C20H20ClF3N2O5S. The number of halogens is 4. The molecule has 1 amide bonds. The van der Waals surface area contributed by atoms with Crippen LogP contribution in [0, 0.1) is 0 Å². The zero-order chi connectivity index (χ0) is 23.7. The highest BCUT2D eigenvalue weighted by Crippen LogP contribution is 2.38. The molecule has 1 aliphatic heterocycles. The first-order valence-electron chi connectivity index (χ1n) is 9.40. The highest BCUT2D eigenvalue weighted by atomic mass is 35.5. The minimum Gasteiger partial charge on any atom is -0.486 e. The fourth-order valence-corrected chi connectivity index (χ4v) is 4.59. The van der Waals surface area contributed by atoms with Gasteiger partial charge in [-0.05, 0) is 37.3 Å². The topological polar surface area (TPSA) is 84.9 Å². The predicted molar refractivity (Wildman–Crippen MR) is 113 cm³/mol. The molecule has 0 saturated heterocycles. The molecule has 0 aliphatic carbocycles. The fraction of sp³-hybridized carbons (Fsp3) is 0.350. The summed E-state index contributed by atoms with van der Waals surface area (Å²) < 4.78 is 76.3. The van der Waals surface area contributed by atoms with Gasteiger partial charge in [0.25, 0.3) is 0 Å². The zero-order valence-electron chi connectivity index (χ0n) is 17.0. The van der Waals surface area contributed by atoms with Crippen molar-refractivity contribution in [2.24, 2.45) is 0 Å².